The van der Waals surface area contributed by atoms with Crippen LogP contribution in [0.2, 0.25) is 0 Å². The van der Waals surface area contributed by atoms with E-state index in [4.69, 9.17) is 14.2 Å². The van der Waals surface area contributed by atoms with Crippen LogP contribution in [0.15, 0.2) is 41.4 Å². The van der Waals surface area contributed by atoms with Gasteiger partial charge < -0.3 is 14.2 Å². The van der Waals surface area contributed by atoms with Crippen molar-refractivity contribution in [2.75, 3.05) is 19.1 Å². The van der Waals surface area contributed by atoms with Crippen molar-refractivity contribution < 1.29 is 23.9 Å². The van der Waals surface area contributed by atoms with Gasteiger partial charge >= 0.3 is 5.97 Å². The minimum absolute atomic E-state index is 0.0493. The molecule has 10 heteroatoms. The Bertz CT molecular complexity index is 1010. The Morgan fingerprint density at radius 1 is 1.30 bits per heavy atom. The molecule has 2 aliphatic rings. The van der Waals surface area contributed by atoms with E-state index in [2.05, 4.69) is 4.99 Å². The van der Waals surface area contributed by atoms with Gasteiger partial charge in [0, 0.05) is 34.8 Å². The summed E-state index contributed by atoms with van der Waals surface area (Å²) < 4.78 is 17.2. The number of ether oxygens (including phenoxy) is 3. The maximum atomic E-state index is 12.8. The molecule has 8 nitrogen and oxygen atoms in total. The second kappa shape index (κ2) is 9.50. The first-order valence-corrected chi connectivity index (χ1v) is 11.1. The summed E-state index contributed by atoms with van der Waals surface area (Å²) in [6.07, 6.45) is 0. The number of thioether (sulfide) groups is 2. The molecule has 2 heterocycles. The van der Waals surface area contributed by atoms with Crippen molar-refractivity contribution in [2.24, 2.45) is 4.99 Å². The zero-order valence-electron chi connectivity index (χ0n) is 15.9. The van der Waals surface area contributed by atoms with Crippen molar-refractivity contribution >= 4 is 39.6 Å². The average Bonchev–Trinajstić information content (AvgIpc) is 3.29. The van der Waals surface area contributed by atoms with Gasteiger partial charge in [0.15, 0.2) is 6.79 Å². The summed E-state index contributed by atoms with van der Waals surface area (Å²) in [4.78, 5) is 27.9. The SMILES string of the molecule is O=C(OCc1cc([N+](=O)[O-])cc2c1OCOC2)c1ccccc1CSC1=NCCS1. The summed E-state index contributed by atoms with van der Waals surface area (Å²) >= 11 is 3.32. The summed E-state index contributed by atoms with van der Waals surface area (Å²) in [5.74, 6) is 1.59. The van der Waals surface area contributed by atoms with Crippen LogP contribution in [0.4, 0.5) is 5.69 Å². The van der Waals surface area contributed by atoms with Gasteiger partial charge in [-0.15, -0.1) is 0 Å². The zero-order valence-corrected chi connectivity index (χ0v) is 17.5. The lowest BCUT2D eigenvalue weighted by molar-refractivity contribution is -0.385. The predicted molar refractivity (Wildman–Crippen MR) is 115 cm³/mol. The number of carbonyl (C=O) groups is 1. The van der Waals surface area contributed by atoms with E-state index >= 15 is 0 Å². The fourth-order valence-corrected chi connectivity index (χ4v) is 5.12. The molecule has 2 aromatic rings. The summed E-state index contributed by atoms with van der Waals surface area (Å²) in [7, 11) is 0. The molecule has 4 rings (SSSR count). The number of fused-ring (bicyclic) bond motifs is 1. The molecule has 0 unspecified atom stereocenters. The van der Waals surface area contributed by atoms with Crippen LogP contribution in [-0.2, 0) is 28.4 Å². The summed E-state index contributed by atoms with van der Waals surface area (Å²) in [6, 6.07) is 10.0. The number of benzene rings is 2. The van der Waals surface area contributed by atoms with E-state index in [1.807, 2.05) is 12.1 Å². The van der Waals surface area contributed by atoms with E-state index in [1.165, 1.54) is 12.1 Å². The number of rotatable bonds is 6. The van der Waals surface area contributed by atoms with Crippen LogP contribution in [0.3, 0.4) is 0 Å². The molecule has 2 aliphatic heterocycles. The molecule has 156 valence electrons. The standard InChI is InChI=1S/C20H18N2O6S2/c23-19(17-4-2-1-3-13(17)11-30-20-21-5-6-29-20)27-10-15-8-16(22(24)25)7-14-9-26-12-28-18(14)15/h1-4,7-8H,5-6,9-12H2. The molecular formula is C20H18N2O6S2. The third-order valence-electron chi connectivity index (χ3n) is 4.49. The lowest BCUT2D eigenvalue weighted by atomic mass is 10.1. The zero-order chi connectivity index (χ0) is 20.9. The normalized spacial score (nSPS) is 15.1. The van der Waals surface area contributed by atoms with E-state index in [-0.39, 0.29) is 25.7 Å². The van der Waals surface area contributed by atoms with Gasteiger partial charge in [0.05, 0.1) is 23.6 Å². The van der Waals surface area contributed by atoms with Gasteiger partial charge in [-0.2, -0.15) is 0 Å². The molecule has 2 aromatic carbocycles. The molecule has 0 saturated carbocycles. The number of aliphatic imine (C=N–C) groups is 1. The van der Waals surface area contributed by atoms with Gasteiger partial charge in [-0.3, -0.25) is 15.1 Å². The van der Waals surface area contributed by atoms with Crippen LogP contribution in [-0.4, -0.2) is 34.4 Å². The van der Waals surface area contributed by atoms with Crippen LogP contribution in [0, 0.1) is 10.1 Å². The lowest BCUT2D eigenvalue weighted by Gasteiger charge is -2.20. The largest absolute Gasteiger partial charge is 0.467 e. The van der Waals surface area contributed by atoms with Crippen molar-refractivity contribution in [3.8, 4) is 5.75 Å². The monoisotopic (exact) mass is 446 g/mol. The third kappa shape index (κ3) is 4.77. The molecule has 0 spiro atoms. The summed E-state index contributed by atoms with van der Waals surface area (Å²) in [6.45, 7) is 0.956. The molecule has 0 aromatic heterocycles. The number of esters is 1. The first kappa shape index (κ1) is 20.7. The molecule has 30 heavy (non-hydrogen) atoms. The fraction of sp³-hybridized carbons (Fsp3) is 0.300. The molecule has 0 saturated heterocycles. The number of non-ortho nitro benzene ring substituents is 1. The minimum atomic E-state index is -0.490. The maximum Gasteiger partial charge on any atom is 0.338 e. The minimum Gasteiger partial charge on any atom is -0.467 e. The second-order valence-corrected chi connectivity index (χ2v) is 8.79. The van der Waals surface area contributed by atoms with E-state index in [1.54, 1.807) is 35.7 Å². The molecule has 0 amide bonds. The van der Waals surface area contributed by atoms with Gasteiger partial charge in [0.2, 0.25) is 0 Å². The highest BCUT2D eigenvalue weighted by Gasteiger charge is 2.22. The predicted octanol–water partition coefficient (Wildman–Crippen LogP) is 4.15. The van der Waals surface area contributed by atoms with Gasteiger partial charge in [-0.1, -0.05) is 41.7 Å². The molecule has 0 fully saturated rings. The van der Waals surface area contributed by atoms with Crippen LogP contribution in [0.1, 0.15) is 27.0 Å². The van der Waals surface area contributed by atoms with Crippen LogP contribution in [0.5, 0.6) is 5.75 Å². The van der Waals surface area contributed by atoms with Crippen molar-refractivity contribution in [1.82, 2.24) is 0 Å². The smallest absolute Gasteiger partial charge is 0.338 e. The van der Waals surface area contributed by atoms with Crippen LogP contribution >= 0.6 is 23.5 Å². The lowest BCUT2D eigenvalue weighted by Crippen LogP contribution is -2.15. The summed E-state index contributed by atoms with van der Waals surface area (Å²) in [5, 5.41) is 11.2. The van der Waals surface area contributed by atoms with Crippen molar-refractivity contribution in [3.05, 3.63) is 68.8 Å². The average molecular weight is 447 g/mol. The Labute approximate surface area is 181 Å². The number of nitro groups is 1. The van der Waals surface area contributed by atoms with E-state index in [0.717, 1.165) is 22.2 Å². The Morgan fingerprint density at radius 2 is 2.17 bits per heavy atom. The fourth-order valence-electron chi connectivity index (χ4n) is 3.10. The number of carbonyl (C=O) groups excluding carboxylic acids is 1. The van der Waals surface area contributed by atoms with Crippen LogP contribution < -0.4 is 4.74 Å². The van der Waals surface area contributed by atoms with E-state index < -0.39 is 10.9 Å². The molecule has 0 bridgehead atoms. The molecule has 0 radical (unpaired) electrons. The number of hydrogen-bond donors (Lipinski definition) is 0. The number of nitrogens with zero attached hydrogens (tertiary/aromatic N) is 2. The maximum absolute atomic E-state index is 12.8. The molecule has 0 atom stereocenters. The van der Waals surface area contributed by atoms with Crippen molar-refractivity contribution in [3.63, 3.8) is 0 Å². The molecule has 0 N–H and O–H groups in total. The second-order valence-electron chi connectivity index (χ2n) is 6.48. The number of nitro benzene ring substituents is 1. The highest BCUT2D eigenvalue weighted by Crippen LogP contribution is 2.33. The van der Waals surface area contributed by atoms with E-state index in [0.29, 0.717) is 28.2 Å². The quantitative estimate of drug-likeness (QED) is 0.371. The van der Waals surface area contributed by atoms with Crippen molar-refractivity contribution in [1.29, 1.82) is 0 Å². The van der Waals surface area contributed by atoms with Crippen LogP contribution in [0.25, 0.3) is 0 Å². The first-order chi connectivity index (χ1) is 14.6. The third-order valence-corrected chi connectivity index (χ3v) is 6.79. The molecular weight excluding hydrogens is 428 g/mol. The van der Waals surface area contributed by atoms with E-state index in [9.17, 15) is 14.9 Å². The van der Waals surface area contributed by atoms with Crippen molar-refractivity contribution in [2.45, 2.75) is 19.0 Å². The Hall–Kier alpha value is -2.56. The highest BCUT2D eigenvalue weighted by molar-refractivity contribution is 8.38. The van der Waals surface area contributed by atoms with Gasteiger partial charge in [-0.25, -0.2) is 4.79 Å². The first-order valence-electron chi connectivity index (χ1n) is 9.17. The Balaban J connectivity index is 1.49. The summed E-state index contributed by atoms with van der Waals surface area (Å²) in [5.41, 5.74) is 2.23. The molecule has 0 aliphatic carbocycles. The number of hydrogen-bond acceptors (Lipinski definition) is 9. The van der Waals surface area contributed by atoms with Gasteiger partial charge in [0.25, 0.3) is 5.69 Å². The Morgan fingerprint density at radius 3 is 2.97 bits per heavy atom. The van der Waals surface area contributed by atoms with Gasteiger partial charge in [0.1, 0.15) is 16.7 Å². The topological polar surface area (TPSA) is 100 Å². The Kier molecular flexibility index (Phi) is 6.56. The highest BCUT2D eigenvalue weighted by atomic mass is 32.2. The van der Waals surface area contributed by atoms with Gasteiger partial charge in [-0.05, 0) is 11.6 Å².